The largest absolute Gasteiger partial charge is 0.275 e. The van der Waals surface area contributed by atoms with Crippen LogP contribution >= 0.6 is 23.2 Å². The molecule has 2 nitrogen and oxygen atoms in total. The number of allylic oxidation sites excluding steroid dienone is 1. The molecule has 0 amide bonds. The molecule has 0 bridgehead atoms. The van der Waals surface area contributed by atoms with E-state index in [0.29, 0.717) is 10.6 Å². The van der Waals surface area contributed by atoms with Gasteiger partial charge < -0.3 is 0 Å². The lowest BCUT2D eigenvalue weighted by Gasteiger charge is -1.94. The summed E-state index contributed by atoms with van der Waals surface area (Å²) in [7, 11) is 0. The Bertz CT molecular complexity index is 432. The van der Waals surface area contributed by atoms with Crippen LogP contribution in [0.2, 0.25) is 5.02 Å². The molecule has 70 valence electrons. The summed E-state index contributed by atoms with van der Waals surface area (Å²) in [6.45, 7) is 0. The molecule has 0 saturated heterocycles. The molecule has 0 aromatic heterocycles. The smallest absolute Gasteiger partial charge is 0.262 e. The molecule has 1 aromatic carbocycles. The van der Waals surface area contributed by atoms with Crippen LogP contribution in [-0.4, -0.2) is 5.24 Å². The van der Waals surface area contributed by atoms with Crippen molar-refractivity contribution in [2.75, 3.05) is 0 Å². The molecule has 0 heterocycles. The lowest BCUT2D eigenvalue weighted by Crippen LogP contribution is -1.89. The maximum atomic E-state index is 10.7. The quantitative estimate of drug-likeness (QED) is 0.441. The molecular weight excluding hydrogens is 221 g/mol. The van der Waals surface area contributed by atoms with Crippen LogP contribution in [0.1, 0.15) is 5.56 Å². The maximum Gasteiger partial charge on any atom is 0.262 e. The lowest BCUT2D eigenvalue weighted by molar-refractivity contribution is -0.108. The molecule has 0 N–H and O–H groups in total. The summed E-state index contributed by atoms with van der Waals surface area (Å²) in [5.41, 5.74) is 0.567. The van der Waals surface area contributed by atoms with Crippen molar-refractivity contribution in [2.45, 2.75) is 0 Å². The predicted molar refractivity (Wildman–Crippen MR) is 55.9 cm³/mol. The van der Waals surface area contributed by atoms with Crippen LogP contribution < -0.4 is 0 Å². The summed E-state index contributed by atoms with van der Waals surface area (Å²) in [5.74, 6) is 0. The second kappa shape index (κ2) is 4.80. The minimum atomic E-state index is -0.771. The molecule has 4 heteroatoms. The molecule has 0 atom stereocenters. The van der Waals surface area contributed by atoms with E-state index in [1.165, 1.54) is 6.08 Å². The van der Waals surface area contributed by atoms with E-state index in [0.717, 1.165) is 0 Å². The van der Waals surface area contributed by atoms with E-state index in [2.05, 4.69) is 0 Å². The molecule has 0 aliphatic heterocycles. The number of nitrogens with zero attached hydrogens (tertiary/aromatic N) is 1. The van der Waals surface area contributed by atoms with Crippen molar-refractivity contribution in [3.8, 4) is 6.07 Å². The first-order chi connectivity index (χ1) is 6.63. The van der Waals surface area contributed by atoms with Crippen LogP contribution in [0.4, 0.5) is 0 Å². The van der Waals surface area contributed by atoms with Gasteiger partial charge in [0.05, 0.1) is 0 Å². The molecular formula is C10H5Cl2NO. The Balaban J connectivity index is 3.08. The fraction of sp³-hybridized carbons (Fsp3) is 0. The molecule has 14 heavy (non-hydrogen) atoms. The normalized spacial score (nSPS) is 10.8. The topological polar surface area (TPSA) is 40.9 Å². The van der Waals surface area contributed by atoms with Gasteiger partial charge in [0.2, 0.25) is 0 Å². The van der Waals surface area contributed by atoms with Gasteiger partial charge in [0.15, 0.2) is 0 Å². The molecule has 0 saturated carbocycles. The first-order valence-corrected chi connectivity index (χ1v) is 4.46. The maximum absolute atomic E-state index is 10.7. The fourth-order valence-electron chi connectivity index (χ4n) is 0.896. The van der Waals surface area contributed by atoms with E-state index in [1.807, 2.05) is 0 Å². The third-order valence-corrected chi connectivity index (χ3v) is 1.93. The van der Waals surface area contributed by atoms with Gasteiger partial charge in [-0.15, -0.1) is 0 Å². The third-order valence-electron chi connectivity index (χ3n) is 1.49. The van der Waals surface area contributed by atoms with Gasteiger partial charge in [-0.05, 0) is 35.4 Å². The Labute approximate surface area is 91.4 Å². The standard InChI is InChI=1S/C10H5Cl2NO/c11-9-3-1-2-7(5-9)4-8(6-13)10(12)14/h1-5H. The minimum Gasteiger partial charge on any atom is -0.275 e. The first-order valence-electron chi connectivity index (χ1n) is 3.70. The fourth-order valence-corrected chi connectivity index (χ4v) is 1.19. The van der Waals surface area contributed by atoms with Gasteiger partial charge in [0, 0.05) is 5.02 Å². The SMILES string of the molecule is N#CC(=Cc1cccc(Cl)c1)C(=O)Cl. The van der Waals surface area contributed by atoms with Crippen LogP contribution in [-0.2, 0) is 4.79 Å². The van der Waals surface area contributed by atoms with Crippen LogP contribution in [0.3, 0.4) is 0 Å². The van der Waals surface area contributed by atoms with Crippen molar-refractivity contribution in [3.05, 3.63) is 40.4 Å². The minimum absolute atomic E-state index is 0.103. The number of carbonyl (C=O) groups excluding carboxylic acids is 1. The zero-order chi connectivity index (χ0) is 10.6. The lowest BCUT2D eigenvalue weighted by atomic mass is 10.1. The van der Waals surface area contributed by atoms with Crippen LogP contribution in [0, 0.1) is 11.3 Å². The molecule has 1 rings (SSSR count). The van der Waals surface area contributed by atoms with E-state index in [9.17, 15) is 4.79 Å². The van der Waals surface area contributed by atoms with Gasteiger partial charge in [-0.25, -0.2) is 0 Å². The number of nitriles is 1. The van der Waals surface area contributed by atoms with Gasteiger partial charge in [0.25, 0.3) is 5.24 Å². The van der Waals surface area contributed by atoms with Crippen molar-refractivity contribution in [2.24, 2.45) is 0 Å². The Morgan fingerprint density at radius 2 is 2.21 bits per heavy atom. The van der Waals surface area contributed by atoms with Crippen molar-refractivity contribution in [1.82, 2.24) is 0 Å². The van der Waals surface area contributed by atoms with Crippen LogP contribution in [0.25, 0.3) is 6.08 Å². The van der Waals surface area contributed by atoms with E-state index >= 15 is 0 Å². The predicted octanol–water partition coefficient (Wildman–Crippen LogP) is 3.01. The van der Waals surface area contributed by atoms with Crippen molar-refractivity contribution < 1.29 is 4.79 Å². The Morgan fingerprint density at radius 1 is 1.50 bits per heavy atom. The highest BCUT2D eigenvalue weighted by molar-refractivity contribution is 6.68. The van der Waals surface area contributed by atoms with E-state index in [1.54, 1.807) is 30.3 Å². The van der Waals surface area contributed by atoms with Gasteiger partial charge in [-0.3, -0.25) is 4.79 Å². The summed E-state index contributed by atoms with van der Waals surface area (Å²) < 4.78 is 0. The Hall–Kier alpha value is -1.30. The number of rotatable bonds is 2. The monoisotopic (exact) mass is 225 g/mol. The second-order valence-electron chi connectivity index (χ2n) is 2.50. The highest BCUT2D eigenvalue weighted by Gasteiger charge is 2.04. The molecule has 1 aromatic rings. The number of hydrogen-bond acceptors (Lipinski definition) is 2. The van der Waals surface area contributed by atoms with Crippen molar-refractivity contribution in [3.63, 3.8) is 0 Å². The summed E-state index contributed by atoms with van der Waals surface area (Å²) in [4.78, 5) is 10.7. The molecule has 0 fully saturated rings. The van der Waals surface area contributed by atoms with E-state index < -0.39 is 5.24 Å². The zero-order valence-corrected chi connectivity index (χ0v) is 8.51. The second-order valence-corrected chi connectivity index (χ2v) is 3.28. The highest BCUT2D eigenvalue weighted by Crippen LogP contribution is 2.14. The summed E-state index contributed by atoms with van der Waals surface area (Å²) in [5, 5.41) is 8.34. The highest BCUT2D eigenvalue weighted by atomic mass is 35.5. The molecule has 0 aliphatic rings. The first kappa shape index (κ1) is 10.8. The number of carbonyl (C=O) groups is 1. The van der Waals surface area contributed by atoms with Crippen molar-refractivity contribution >= 4 is 34.5 Å². The van der Waals surface area contributed by atoms with Crippen molar-refractivity contribution in [1.29, 1.82) is 5.26 Å². The number of hydrogen-bond donors (Lipinski definition) is 0. The summed E-state index contributed by atoms with van der Waals surface area (Å²) >= 11 is 10.9. The van der Waals surface area contributed by atoms with Gasteiger partial charge in [-0.1, -0.05) is 23.7 Å². The Kier molecular flexibility index (Phi) is 3.70. The summed E-state index contributed by atoms with van der Waals surface area (Å²) in [6.07, 6.45) is 1.39. The van der Waals surface area contributed by atoms with Gasteiger partial charge in [0.1, 0.15) is 11.6 Å². The molecule has 0 aliphatic carbocycles. The summed E-state index contributed by atoms with van der Waals surface area (Å²) in [6, 6.07) is 8.49. The molecule has 0 radical (unpaired) electrons. The number of halogens is 2. The average Bonchev–Trinajstić information content (AvgIpc) is 2.14. The Morgan fingerprint density at radius 3 is 2.71 bits per heavy atom. The average molecular weight is 226 g/mol. The van der Waals surface area contributed by atoms with E-state index in [4.69, 9.17) is 28.5 Å². The van der Waals surface area contributed by atoms with Gasteiger partial charge >= 0.3 is 0 Å². The van der Waals surface area contributed by atoms with Gasteiger partial charge in [-0.2, -0.15) is 5.26 Å². The number of benzene rings is 1. The van der Waals surface area contributed by atoms with Crippen LogP contribution in [0.15, 0.2) is 29.8 Å². The molecule has 0 unspecified atom stereocenters. The zero-order valence-electron chi connectivity index (χ0n) is 7.00. The molecule has 0 spiro atoms. The van der Waals surface area contributed by atoms with Crippen LogP contribution in [0.5, 0.6) is 0 Å². The third kappa shape index (κ3) is 2.88. The van der Waals surface area contributed by atoms with E-state index in [-0.39, 0.29) is 5.57 Å².